The number of nitrogens with zero attached hydrogens (tertiary/aromatic N) is 1. The molecule has 3 nitrogen and oxygen atoms in total. The van der Waals surface area contributed by atoms with E-state index in [1.165, 1.54) is 11.1 Å². The molecule has 1 fully saturated rings. The Balaban J connectivity index is 1.55. The van der Waals surface area contributed by atoms with Crippen LogP contribution in [0.15, 0.2) is 54.7 Å². The average Bonchev–Trinajstić information content (AvgIpc) is 2.85. The molecule has 2 aromatic rings. The maximum absolute atomic E-state index is 14.2. The van der Waals surface area contributed by atoms with E-state index >= 15 is 0 Å². The SMILES string of the molecule is CCC=CCCc1ccc(-c2ccc(C3CCC(O)(C(=O)[C@@H](F)CCCC)CC3)cc2)nc1. The lowest BCUT2D eigenvalue weighted by molar-refractivity contribution is -0.146. The second kappa shape index (κ2) is 12.2. The van der Waals surface area contributed by atoms with Crippen LogP contribution in [0.5, 0.6) is 0 Å². The van der Waals surface area contributed by atoms with E-state index in [-0.39, 0.29) is 12.3 Å². The molecule has 1 aromatic carbocycles. The number of benzene rings is 1. The standard InChI is InChI=1S/C29H38FNO2/c1-3-5-7-8-9-22-11-16-27(31-21-22)25-14-12-23(13-15-25)24-17-19-29(33,20-18-24)28(32)26(30)10-6-4-2/h5,7,11-16,21,24,26,33H,3-4,6,8-10,17-20H2,1-2H3/t24?,26-,29?/m0/s1. The summed E-state index contributed by atoms with van der Waals surface area (Å²) in [6.45, 7) is 4.12. The molecule has 1 saturated carbocycles. The highest BCUT2D eigenvalue weighted by molar-refractivity contribution is 5.91. The highest BCUT2D eigenvalue weighted by Crippen LogP contribution is 2.40. The molecule has 1 N–H and O–H groups in total. The number of carbonyl (C=O) groups excluding carboxylic acids is 1. The van der Waals surface area contributed by atoms with Crippen molar-refractivity contribution in [1.82, 2.24) is 4.98 Å². The highest BCUT2D eigenvalue weighted by atomic mass is 19.1. The van der Waals surface area contributed by atoms with Crippen molar-refractivity contribution < 1.29 is 14.3 Å². The maximum atomic E-state index is 14.2. The van der Waals surface area contributed by atoms with Gasteiger partial charge in [-0.05, 0) is 74.5 Å². The summed E-state index contributed by atoms with van der Waals surface area (Å²) in [7, 11) is 0. The Morgan fingerprint density at radius 1 is 1.15 bits per heavy atom. The molecule has 33 heavy (non-hydrogen) atoms. The summed E-state index contributed by atoms with van der Waals surface area (Å²) in [6.07, 6.45) is 11.7. The second-order valence-corrected chi connectivity index (χ2v) is 9.37. The molecule has 0 aliphatic heterocycles. The lowest BCUT2D eigenvalue weighted by atomic mass is 9.73. The van der Waals surface area contributed by atoms with Gasteiger partial charge in [-0.25, -0.2) is 4.39 Å². The van der Waals surface area contributed by atoms with Crippen molar-refractivity contribution in [1.29, 1.82) is 0 Å². The van der Waals surface area contributed by atoms with Crippen LogP contribution in [-0.4, -0.2) is 27.6 Å². The number of aryl methyl sites for hydroxylation is 1. The van der Waals surface area contributed by atoms with Gasteiger partial charge in [-0.2, -0.15) is 0 Å². The molecule has 3 rings (SSSR count). The zero-order valence-electron chi connectivity index (χ0n) is 20.1. The van der Waals surface area contributed by atoms with E-state index in [1.807, 2.05) is 13.1 Å². The van der Waals surface area contributed by atoms with E-state index in [4.69, 9.17) is 0 Å². The van der Waals surface area contributed by atoms with Gasteiger partial charge < -0.3 is 5.11 Å². The maximum Gasteiger partial charge on any atom is 0.198 e. The predicted octanol–water partition coefficient (Wildman–Crippen LogP) is 7.13. The first kappa shape index (κ1) is 25.3. The van der Waals surface area contributed by atoms with Crippen LogP contribution in [-0.2, 0) is 11.2 Å². The summed E-state index contributed by atoms with van der Waals surface area (Å²) >= 11 is 0. The number of unbranched alkanes of at least 4 members (excludes halogenated alkanes) is 1. The van der Waals surface area contributed by atoms with Crippen molar-refractivity contribution in [2.75, 3.05) is 0 Å². The largest absolute Gasteiger partial charge is 0.382 e. The van der Waals surface area contributed by atoms with Gasteiger partial charge in [0.25, 0.3) is 0 Å². The number of alkyl halides is 1. The van der Waals surface area contributed by atoms with Gasteiger partial charge >= 0.3 is 0 Å². The molecule has 178 valence electrons. The van der Waals surface area contributed by atoms with E-state index in [9.17, 15) is 14.3 Å². The van der Waals surface area contributed by atoms with Crippen LogP contribution in [0, 0.1) is 0 Å². The minimum atomic E-state index is -1.54. The topological polar surface area (TPSA) is 50.2 Å². The Morgan fingerprint density at radius 3 is 2.48 bits per heavy atom. The van der Waals surface area contributed by atoms with Gasteiger partial charge in [0.2, 0.25) is 0 Å². The van der Waals surface area contributed by atoms with Crippen LogP contribution in [0.4, 0.5) is 4.39 Å². The van der Waals surface area contributed by atoms with E-state index in [2.05, 4.69) is 60.5 Å². The molecule has 4 heteroatoms. The molecule has 1 aliphatic carbocycles. The van der Waals surface area contributed by atoms with Crippen molar-refractivity contribution in [2.24, 2.45) is 0 Å². The number of allylic oxidation sites excluding steroid dienone is 2. The van der Waals surface area contributed by atoms with Gasteiger partial charge in [0.05, 0.1) is 5.69 Å². The normalized spacial score (nSPS) is 21.9. The van der Waals surface area contributed by atoms with E-state index in [0.717, 1.165) is 36.9 Å². The number of aromatic nitrogens is 1. The van der Waals surface area contributed by atoms with Gasteiger partial charge in [0.15, 0.2) is 12.0 Å². The van der Waals surface area contributed by atoms with E-state index in [0.29, 0.717) is 32.1 Å². The lowest BCUT2D eigenvalue weighted by Crippen LogP contribution is -2.46. The second-order valence-electron chi connectivity index (χ2n) is 9.37. The number of halogens is 1. The molecule has 1 heterocycles. The third-order valence-corrected chi connectivity index (χ3v) is 6.87. The van der Waals surface area contributed by atoms with Crippen molar-refractivity contribution in [3.05, 3.63) is 65.9 Å². The van der Waals surface area contributed by atoms with Gasteiger partial charge in [-0.1, -0.05) is 69.2 Å². The molecule has 1 atom stereocenters. The van der Waals surface area contributed by atoms with E-state index < -0.39 is 17.6 Å². The fourth-order valence-electron chi connectivity index (χ4n) is 4.68. The van der Waals surface area contributed by atoms with Crippen molar-refractivity contribution in [3.63, 3.8) is 0 Å². The fraction of sp³-hybridized carbons (Fsp3) is 0.517. The van der Waals surface area contributed by atoms with Gasteiger partial charge in [-0.15, -0.1) is 0 Å². The summed E-state index contributed by atoms with van der Waals surface area (Å²) in [5, 5.41) is 10.8. The molecule has 0 bridgehead atoms. The number of carbonyl (C=O) groups is 1. The molecule has 0 spiro atoms. The van der Waals surface area contributed by atoms with Crippen molar-refractivity contribution >= 4 is 5.78 Å². The van der Waals surface area contributed by atoms with Crippen molar-refractivity contribution in [3.8, 4) is 11.3 Å². The van der Waals surface area contributed by atoms with Crippen LogP contribution >= 0.6 is 0 Å². The van der Waals surface area contributed by atoms with Gasteiger partial charge in [-0.3, -0.25) is 9.78 Å². The molecular weight excluding hydrogens is 413 g/mol. The molecule has 1 aromatic heterocycles. The summed E-state index contributed by atoms with van der Waals surface area (Å²) in [4.78, 5) is 17.1. The van der Waals surface area contributed by atoms with Crippen LogP contribution in [0.1, 0.15) is 88.7 Å². The Hall–Kier alpha value is -2.33. The Kier molecular flexibility index (Phi) is 9.37. The zero-order chi connectivity index (χ0) is 23.7. The van der Waals surface area contributed by atoms with Crippen molar-refractivity contribution in [2.45, 2.75) is 95.7 Å². The predicted molar refractivity (Wildman–Crippen MR) is 133 cm³/mol. The molecular formula is C29H38FNO2. The van der Waals surface area contributed by atoms with Crippen LogP contribution in [0.2, 0.25) is 0 Å². The Bertz CT molecular complexity index is 896. The van der Waals surface area contributed by atoms with Gasteiger partial charge in [0, 0.05) is 11.8 Å². The number of ketones is 1. The first-order valence-electron chi connectivity index (χ1n) is 12.6. The number of Topliss-reactive ketones (excluding diaryl/α,β-unsaturated/α-hetero) is 1. The molecule has 0 amide bonds. The van der Waals surface area contributed by atoms with E-state index in [1.54, 1.807) is 0 Å². The van der Waals surface area contributed by atoms with Crippen LogP contribution in [0.3, 0.4) is 0 Å². The first-order valence-corrected chi connectivity index (χ1v) is 12.6. The third-order valence-electron chi connectivity index (χ3n) is 6.87. The quantitative estimate of drug-likeness (QED) is 0.370. The number of hydrogen-bond acceptors (Lipinski definition) is 3. The smallest absolute Gasteiger partial charge is 0.198 e. The number of aliphatic hydroxyl groups is 1. The number of pyridine rings is 1. The Morgan fingerprint density at radius 2 is 1.88 bits per heavy atom. The Labute approximate surface area is 198 Å². The summed E-state index contributed by atoms with van der Waals surface area (Å²) in [6, 6.07) is 12.7. The molecule has 0 saturated heterocycles. The summed E-state index contributed by atoms with van der Waals surface area (Å²) < 4.78 is 14.2. The van der Waals surface area contributed by atoms with Gasteiger partial charge in [0.1, 0.15) is 5.60 Å². The number of rotatable bonds is 11. The lowest BCUT2D eigenvalue weighted by Gasteiger charge is -2.35. The number of hydrogen-bond donors (Lipinski definition) is 1. The molecule has 0 radical (unpaired) electrons. The summed E-state index contributed by atoms with van der Waals surface area (Å²) in [5.41, 5.74) is 2.98. The van der Waals surface area contributed by atoms with Crippen LogP contribution in [0.25, 0.3) is 11.3 Å². The summed E-state index contributed by atoms with van der Waals surface area (Å²) in [5.74, 6) is -0.326. The minimum absolute atomic E-state index is 0.216. The first-order chi connectivity index (χ1) is 16.0. The molecule has 0 unspecified atom stereocenters. The fourth-order valence-corrected chi connectivity index (χ4v) is 4.68. The van der Waals surface area contributed by atoms with Crippen LogP contribution < -0.4 is 0 Å². The zero-order valence-corrected chi connectivity index (χ0v) is 20.1. The highest BCUT2D eigenvalue weighted by Gasteiger charge is 2.43. The average molecular weight is 452 g/mol. The monoisotopic (exact) mass is 451 g/mol. The molecule has 1 aliphatic rings. The third kappa shape index (κ3) is 6.83. The minimum Gasteiger partial charge on any atom is -0.382 e.